The van der Waals surface area contributed by atoms with Crippen LogP contribution in [0.5, 0.6) is 0 Å². The first-order valence-electron chi connectivity index (χ1n) is 2.66. The van der Waals surface area contributed by atoms with E-state index in [-0.39, 0.29) is 0 Å². The maximum atomic E-state index is 10.4. The largest absolute Gasteiger partial charge is 0.470 e. The van der Waals surface area contributed by atoms with Crippen LogP contribution in [0, 0.1) is 0 Å². The minimum absolute atomic E-state index is 0.866. The average Bonchev–Trinajstić information content (AvgIpc) is 1.60. The standard InChI is InChI=1S/C3H10BNO4S/c1-3(4(6)7)5-10(2,8)9/h3,5-7H,1-2H3. The summed E-state index contributed by atoms with van der Waals surface area (Å²) in [6, 6.07) is 0. The molecule has 0 aliphatic heterocycles. The van der Waals surface area contributed by atoms with E-state index in [0.29, 0.717) is 0 Å². The van der Waals surface area contributed by atoms with Gasteiger partial charge in [-0.15, -0.1) is 0 Å². The zero-order valence-electron chi connectivity index (χ0n) is 5.77. The van der Waals surface area contributed by atoms with Crippen molar-refractivity contribution in [3.63, 3.8) is 0 Å². The summed E-state index contributed by atoms with van der Waals surface area (Å²) in [5.74, 6) is -0.866. The van der Waals surface area contributed by atoms with Crippen LogP contribution < -0.4 is 4.72 Å². The quantitative estimate of drug-likeness (QED) is 0.421. The van der Waals surface area contributed by atoms with Crippen molar-refractivity contribution in [2.24, 2.45) is 0 Å². The smallest absolute Gasteiger partial charge is 0.426 e. The summed E-state index contributed by atoms with van der Waals surface area (Å²) >= 11 is 0. The van der Waals surface area contributed by atoms with E-state index in [2.05, 4.69) is 0 Å². The van der Waals surface area contributed by atoms with Crippen LogP contribution in [0.4, 0.5) is 0 Å². The third kappa shape index (κ3) is 4.74. The van der Waals surface area contributed by atoms with Gasteiger partial charge in [-0.05, 0) is 0 Å². The normalized spacial score (nSPS) is 14.8. The Morgan fingerprint density at radius 3 is 2.00 bits per heavy atom. The molecule has 0 aromatic heterocycles. The minimum Gasteiger partial charge on any atom is -0.426 e. The summed E-state index contributed by atoms with van der Waals surface area (Å²) < 4.78 is 22.8. The van der Waals surface area contributed by atoms with Crippen molar-refractivity contribution >= 4 is 17.1 Å². The van der Waals surface area contributed by atoms with Crippen LogP contribution in [0.15, 0.2) is 0 Å². The first kappa shape index (κ1) is 9.89. The SMILES string of the molecule is CC(NS(C)(=O)=O)B(O)O. The zero-order valence-corrected chi connectivity index (χ0v) is 6.59. The fourth-order valence-electron chi connectivity index (χ4n) is 0.399. The van der Waals surface area contributed by atoms with Gasteiger partial charge >= 0.3 is 7.12 Å². The van der Waals surface area contributed by atoms with Gasteiger partial charge in [-0.25, -0.2) is 13.1 Å². The summed E-state index contributed by atoms with van der Waals surface area (Å²) in [4.78, 5) is 0. The van der Waals surface area contributed by atoms with E-state index in [9.17, 15) is 8.42 Å². The van der Waals surface area contributed by atoms with Crippen LogP contribution in [0.25, 0.3) is 0 Å². The zero-order chi connectivity index (χ0) is 8.36. The highest BCUT2D eigenvalue weighted by molar-refractivity contribution is 7.88. The molecule has 0 amide bonds. The van der Waals surface area contributed by atoms with Gasteiger partial charge in [0, 0.05) is 0 Å². The second-order valence-corrected chi connectivity index (χ2v) is 3.87. The van der Waals surface area contributed by atoms with Gasteiger partial charge in [-0.3, -0.25) is 0 Å². The monoisotopic (exact) mass is 167 g/mol. The Kier molecular flexibility index (Phi) is 3.30. The lowest BCUT2D eigenvalue weighted by molar-refractivity contribution is 0.385. The molecule has 0 fully saturated rings. The van der Waals surface area contributed by atoms with Gasteiger partial charge in [0.25, 0.3) is 0 Å². The summed E-state index contributed by atoms with van der Waals surface area (Å²) in [5.41, 5.74) is 0. The minimum atomic E-state index is -3.34. The van der Waals surface area contributed by atoms with Gasteiger partial charge in [0.1, 0.15) is 0 Å². The molecule has 60 valence electrons. The molecule has 0 aliphatic carbocycles. The molecular formula is C3H10BNO4S. The van der Waals surface area contributed by atoms with Crippen molar-refractivity contribution in [3.05, 3.63) is 0 Å². The second-order valence-electron chi connectivity index (χ2n) is 2.09. The highest BCUT2D eigenvalue weighted by atomic mass is 32.2. The number of rotatable bonds is 3. The van der Waals surface area contributed by atoms with Crippen molar-refractivity contribution in [1.82, 2.24) is 4.72 Å². The summed E-state index contributed by atoms with van der Waals surface area (Å²) in [6.45, 7) is 1.35. The van der Waals surface area contributed by atoms with Gasteiger partial charge in [-0.2, -0.15) is 0 Å². The van der Waals surface area contributed by atoms with E-state index in [1.807, 2.05) is 4.72 Å². The van der Waals surface area contributed by atoms with E-state index in [1.165, 1.54) is 6.92 Å². The van der Waals surface area contributed by atoms with Crippen LogP contribution in [-0.2, 0) is 10.0 Å². The predicted octanol–water partition coefficient (Wildman–Crippen LogP) is -2.06. The highest BCUT2D eigenvalue weighted by Crippen LogP contribution is 1.85. The lowest BCUT2D eigenvalue weighted by Gasteiger charge is -2.09. The molecule has 1 atom stereocenters. The molecule has 0 heterocycles. The van der Waals surface area contributed by atoms with E-state index in [4.69, 9.17) is 10.0 Å². The third-order valence-electron chi connectivity index (χ3n) is 0.847. The van der Waals surface area contributed by atoms with Crippen molar-refractivity contribution in [2.75, 3.05) is 6.26 Å². The van der Waals surface area contributed by atoms with Crippen LogP contribution >= 0.6 is 0 Å². The molecule has 0 bridgehead atoms. The Morgan fingerprint density at radius 2 is 1.90 bits per heavy atom. The third-order valence-corrected chi connectivity index (χ3v) is 1.65. The summed E-state index contributed by atoms with van der Waals surface area (Å²) in [5, 5.41) is 16.8. The topological polar surface area (TPSA) is 86.6 Å². The number of nitrogens with one attached hydrogen (secondary N) is 1. The molecule has 10 heavy (non-hydrogen) atoms. The molecule has 1 unspecified atom stereocenters. The molecule has 0 radical (unpaired) electrons. The molecule has 0 aliphatic rings. The van der Waals surface area contributed by atoms with Crippen molar-refractivity contribution in [3.8, 4) is 0 Å². The van der Waals surface area contributed by atoms with E-state index < -0.39 is 23.1 Å². The Labute approximate surface area is 60.3 Å². The number of hydrogen-bond donors (Lipinski definition) is 3. The van der Waals surface area contributed by atoms with E-state index in [0.717, 1.165) is 6.26 Å². The lowest BCUT2D eigenvalue weighted by Crippen LogP contribution is -2.43. The Balaban J connectivity index is 3.93. The number of hydrogen-bond acceptors (Lipinski definition) is 4. The van der Waals surface area contributed by atoms with Crippen LogP contribution in [0.2, 0.25) is 0 Å². The van der Waals surface area contributed by atoms with Crippen LogP contribution in [0.1, 0.15) is 6.92 Å². The number of sulfonamides is 1. The second kappa shape index (κ2) is 3.33. The van der Waals surface area contributed by atoms with E-state index >= 15 is 0 Å². The lowest BCUT2D eigenvalue weighted by atomic mass is 9.82. The molecule has 0 aromatic carbocycles. The summed E-state index contributed by atoms with van der Waals surface area (Å²) in [7, 11) is -5.00. The molecule has 0 saturated heterocycles. The van der Waals surface area contributed by atoms with Gasteiger partial charge in [-0.1, -0.05) is 6.92 Å². The molecule has 7 heteroatoms. The van der Waals surface area contributed by atoms with Crippen LogP contribution in [-0.4, -0.2) is 37.8 Å². The van der Waals surface area contributed by atoms with Crippen molar-refractivity contribution in [1.29, 1.82) is 0 Å². The fraction of sp³-hybridized carbons (Fsp3) is 1.00. The molecular weight excluding hydrogens is 157 g/mol. The Hall–Kier alpha value is -0.105. The molecule has 3 N–H and O–H groups in total. The first-order chi connectivity index (χ1) is 4.33. The van der Waals surface area contributed by atoms with Gasteiger partial charge < -0.3 is 10.0 Å². The molecule has 0 saturated carbocycles. The molecule has 0 spiro atoms. The van der Waals surface area contributed by atoms with Crippen molar-refractivity contribution in [2.45, 2.75) is 12.9 Å². The Bertz CT molecular complexity index is 189. The summed E-state index contributed by atoms with van der Waals surface area (Å²) in [6.07, 6.45) is 0.950. The van der Waals surface area contributed by atoms with E-state index in [1.54, 1.807) is 0 Å². The Morgan fingerprint density at radius 1 is 1.50 bits per heavy atom. The van der Waals surface area contributed by atoms with Crippen LogP contribution in [0.3, 0.4) is 0 Å². The van der Waals surface area contributed by atoms with Gasteiger partial charge in [0.15, 0.2) is 0 Å². The molecule has 5 nitrogen and oxygen atoms in total. The van der Waals surface area contributed by atoms with Crippen molar-refractivity contribution < 1.29 is 18.5 Å². The molecule has 0 rings (SSSR count). The van der Waals surface area contributed by atoms with Gasteiger partial charge in [0.05, 0.1) is 12.2 Å². The van der Waals surface area contributed by atoms with Gasteiger partial charge in [0.2, 0.25) is 10.0 Å². The highest BCUT2D eigenvalue weighted by Gasteiger charge is 2.20. The maximum Gasteiger partial charge on any atom is 0.470 e. The maximum absolute atomic E-state index is 10.4. The first-order valence-corrected chi connectivity index (χ1v) is 4.55. The molecule has 0 aromatic rings. The predicted molar refractivity (Wildman–Crippen MR) is 37.6 cm³/mol. The fourth-order valence-corrected chi connectivity index (χ4v) is 1.20. The average molecular weight is 167 g/mol.